The summed E-state index contributed by atoms with van der Waals surface area (Å²) < 4.78 is 7.89. The number of hydrogen-bond donors (Lipinski definition) is 0. The number of pyridine rings is 1. The van der Waals surface area contributed by atoms with Crippen molar-refractivity contribution >= 4 is 45.9 Å². The molecule has 29 heavy (non-hydrogen) atoms. The Labute approximate surface area is 176 Å². The van der Waals surface area contributed by atoms with Crippen molar-refractivity contribution in [3.8, 4) is 11.6 Å². The van der Waals surface area contributed by atoms with Gasteiger partial charge in [0.2, 0.25) is 5.88 Å². The maximum Gasteiger partial charge on any atom is 0.269 e. The topological polar surface area (TPSA) is 63.9 Å². The van der Waals surface area contributed by atoms with E-state index in [1.165, 1.54) is 15.4 Å². The number of thioether (sulfide) groups is 1. The predicted octanol–water partition coefficient (Wildman–Crippen LogP) is 3.93. The van der Waals surface area contributed by atoms with Crippen LogP contribution in [0.4, 0.5) is 0 Å². The number of ether oxygens (including phenoxy) is 1. The van der Waals surface area contributed by atoms with Gasteiger partial charge in [-0.25, -0.2) is 0 Å². The van der Waals surface area contributed by atoms with Crippen molar-refractivity contribution in [2.24, 2.45) is 0 Å². The fraction of sp³-hybridized carbons (Fsp3) is 0.143. The molecule has 1 saturated heterocycles. The molecule has 6 nitrogen and oxygen atoms in total. The summed E-state index contributed by atoms with van der Waals surface area (Å²) in [6, 6.07) is 11.1. The number of rotatable bonds is 3. The molecule has 0 saturated carbocycles. The van der Waals surface area contributed by atoms with Gasteiger partial charge in [0.1, 0.15) is 21.3 Å². The van der Waals surface area contributed by atoms with Crippen molar-refractivity contribution in [1.29, 1.82) is 0 Å². The number of carbonyl (C=O) groups is 1. The summed E-state index contributed by atoms with van der Waals surface area (Å²) in [7, 11) is 1.61. The number of benzene rings is 1. The van der Waals surface area contributed by atoms with Crippen LogP contribution in [0.1, 0.15) is 16.7 Å². The Balaban J connectivity index is 1.94. The number of thiocarbonyl (C=S) groups is 1. The number of nitrogens with zero attached hydrogens (tertiary/aromatic N) is 3. The second kappa shape index (κ2) is 7.46. The highest BCUT2D eigenvalue weighted by Gasteiger charge is 2.30. The summed E-state index contributed by atoms with van der Waals surface area (Å²) >= 11 is 6.34. The molecule has 1 fully saturated rings. The summed E-state index contributed by atoms with van der Waals surface area (Å²) in [5.74, 6) is 0.457. The van der Waals surface area contributed by atoms with E-state index in [0.717, 1.165) is 22.9 Å². The highest BCUT2D eigenvalue weighted by molar-refractivity contribution is 8.26. The minimum absolute atomic E-state index is 0.149. The number of fused-ring (bicyclic) bond motifs is 1. The summed E-state index contributed by atoms with van der Waals surface area (Å²) in [5, 5.41) is 0. The molecule has 0 bridgehead atoms. The quantitative estimate of drug-likeness (QED) is 0.470. The molecule has 0 atom stereocenters. The molecule has 3 aromatic rings. The Morgan fingerprint density at radius 3 is 2.66 bits per heavy atom. The number of likely N-dealkylation sites (N-methyl/N-ethyl adjacent to an activating group) is 1. The van der Waals surface area contributed by atoms with Gasteiger partial charge in [-0.3, -0.25) is 18.9 Å². The first-order chi connectivity index (χ1) is 13.8. The van der Waals surface area contributed by atoms with E-state index in [2.05, 4.69) is 4.98 Å². The van der Waals surface area contributed by atoms with Gasteiger partial charge in [-0.2, -0.15) is 4.98 Å². The molecule has 0 N–H and O–H groups in total. The lowest BCUT2D eigenvalue weighted by Gasteiger charge is -2.11. The maximum absolute atomic E-state index is 13.2. The number of aryl methyl sites for hydroxylation is 2. The molecule has 4 rings (SSSR count). The first-order valence-corrected chi connectivity index (χ1v) is 10.1. The first kappa shape index (κ1) is 19.4. The van der Waals surface area contributed by atoms with E-state index in [-0.39, 0.29) is 22.9 Å². The Morgan fingerprint density at radius 2 is 1.97 bits per heavy atom. The highest BCUT2D eigenvalue weighted by Crippen LogP contribution is 2.33. The van der Waals surface area contributed by atoms with Crippen LogP contribution in [-0.2, 0) is 4.79 Å². The highest BCUT2D eigenvalue weighted by atomic mass is 32.2. The van der Waals surface area contributed by atoms with Crippen molar-refractivity contribution in [2.45, 2.75) is 13.8 Å². The lowest BCUT2D eigenvalue weighted by molar-refractivity contribution is -0.121. The van der Waals surface area contributed by atoms with Gasteiger partial charge in [0.25, 0.3) is 11.5 Å². The smallest absolute Gasteiger partial charge is 0.269 e. The molecule has 1 aliphatic rings. The van der Waals surface area contributed by atoms with Crippen LogP contribution in [0, 0.1) is 13.8 Å². The van der Waals surface area contributed by atoms with Gasteiger partial charge in [-0.15, -0.1) is 0 Å². The van der Waals surface area contributed by atoms with Crippen LogP contribution in [0.5, 0.6) is 11.6 Å². The van der Waals surface area contributed by atoms with Crippen LogP contribution in [0.2, 0.25) is 0 Å². The Morgan fingerprint density at radius 1 is 1.17 bits per heavy atom. The zero-order valence-corrected chi connectivity index (χ0v) is 17.6. The van der Waals surface area contributed by atoms with E-state index < -0.39 is 0 Å². The Kier molecular flexibility index (Phi) is 4.97. The van der Waals surface area contributed by atoms with Crippen molar-refractivity contribution in [3.05, 3.63) is 74.5 Å². The minimum atomic E-state index is -0.317. The van der Waals surface area contributed by atoms with Gasteiger partial charge in [-0.1, -0.05) is 42.2 Å². The fourth-order valence-electron chi connectivity index (χ4n) is 2.96. The maximum atomic E-state index is 13.2. The monoisotopic (exact) mass is 423 g/mol. The molecule has 0 unspecified atom stereocenters. The van der Waals surface area contributed by atoms with Crippen LogP contribution in [0.25, 0.3) is 11.7 Å². The molecule has 0 aliphatic carbocycles. The minimum Gasteiger partial charge on any atom is -0.438 e. The van der Waals surface area contributed by atoms with E-state index in [4.69, 9.17) is 17.0 Å². The molecule has 8 heteroatoms. The van der Waals surface area contributed by atoms with Crippen molar-refractivity contribution in [2.75, 3.05) is 7.05 Å². The Hall–Kier alpha value is -2.97. The van der Waals surface area contributed by atoms with Crippen LogP contribution in [0.3, 0.4) is 0 Å². The van der Waals surface area contributed by atoms with Crippen LogP contribution in [0.15, 0.2) is 52.3 Å². The van der Waals surface area contributed by atoms with Gasteiger partial charge in [-0.05, 0) is 49.2 Å². The van der Waals surface area contributed by atoms with Crippen molar-refractivity contribution in [1.82, 2.24) is 14.3 Å². The largest absolute Gasteiger partial charge is 0.438 e. The second-order valence-electron chi connectivity index (χ2n) is 6.68. The summed E-state index contributed by atoms with van der Waals surface area (Å²) in [6.45, 7) is 3.83. The molecule has 146 valence electrons. The van der Waals surface area contributed by atoms with E-state index >= 15 is 0 Å². The molecule has 1 aromatic carbocycles. The van der Waals surface area contributed by atoms with E-state index in [9.17, 15) is 9.59 Å². The fourth-order valence-corrected chi connectivity index (χ4v) is 4.12. The predicted molar refractivity (Wildman–Crippen MR) is 118 cm³/mol. The number of aromatic nitrogens is 2. The number of carbonyl (C=O) groups excluding carboxylic acids is 1. The Bertz CT molecular complexity index is 1260. The molecule has 1 aliphatic heterocycles. The second-order valence-corrected chi connectivity index (χ2v) is 8.36. The lowest BCUT2D eigenvalue weighted by Crippen LogP contribution is -2.23. The molecule has 2 aromatic heterocycles. The summed E-state index contributed by atoms with van der Waals surface area (Å²) in [4.78, 5) is 32.0. The molecular weight excluding hydrogens is 406 g/mol. The zero-order chi connectivity index (χ0) is 20.7. The summed E-state index contributed by atoms with van der Waals surface area (Å²) in [5.41, 5.74) is 2.24. The third-order valence-corrected chi connectivity index (χ3v) is 6.00. The normalized spacial score (nSPS) is 15.6. The van der Waals surface area contributed by atoms with Crippen LogP contribution >= 0.6 is 24.0 Å². The van der Waals surface area contributed by atoms with Crippen LogP contribution in [-0.4, -0.2) is 31.6 Å². The zero-order valence-electron chi connectivity index (χ0n) is 16.0. The van der Waals surface area contributed by atoms with Gasteiger partial charge < -0.3 is 4.74 Å². The van der Waals surface area contributed by atoms with Gasteiger partial charge >= 0.3 is 0 Å². The van der Waals surface area contributed by atoms with Crippen molar-refractivity contribution < 1.29 is 9.53 Å². The first-order valence-electron chi connectivity index (χ1n) is 8.83. The number of amides is 1. The molecular formula is C21H17N3O3S2. The lowest BCUT2D eigenvalue weighted by atomic mass is 10.2. The summed E-state index contributed by atoms with van der Waals surface area (Å²) in [6.07, 6.45) is 3.16. The van der Waals surface area contributed by atoms with E-state index in [1.807, 2.05) is 38.1 Å². The van der Waals surface area contributed by atoms with Crippen LogP contribution < -0.4 is 10.3 Å². The van der Waals surface area contributed by atoms with E-state index in [0.29, 0.717) is 20.6 Å². The molecule has 1 amide bonds. The average molecular weight is 424 g/mol. The standard InChI is InChI=1S/C21H17N3O3S2/c1-12-6-4-8-14(10-12)27-18-15(11-16-20(26)23(3)21(28)29-16)19(25)24-9-5-7-13(2)17(24)22-18/h4-11H,1-3H3/b16-11+. The molecule has 3 heterocycles. The van der Waals surface area contributed by atoms with Crippen molar-refractivity contribution in [3.63, 3.8) is 0 Å². The van der Waals surface area contributed by atoms with Gasteiger partial charge in [0.15, 0.2) is 0 Å². The van der Waals surface area contributed by atoms with E-state index in [1.54, 1.807) is 25.4 Å². The third kappa shape index (κ3) is 3.56. The number of hydrogen-bond acceptors (Lipinski definition) is 6. The molecule has 0 spiro atoms. The third-order valence-electron chi connectivity index (χ3n) is 4.52. The van der Waals surface area contributed by atoms with Gasteiger partial charge in [0.05, 0.1) is 4.91 Å². The van der Waals surface area contributed by atoms with Gasteiger partial charge in [0, 0.05) is 13.2 Å². The SMILES string of the molecule is Cc1cccc(Oc2nc3c(C)cccn3c(=O)c2/C=C2/SC(=S)N(C)C2=O)c1. The molecule has 0 radical (unpaired) electrons. The average Bonchev–Trinajstić information content (AvgIpc) is 2.92.